The highest BCUT2D eigenvalue weighted by Crippen LogP contribution is 2.25. The van der Waals surface area contributed by atoms with Gasteiger partial charge in [0.15, 0.2) is 0 Å². The fourth-order valence-corrected chi connectivity index (χ4v) is 1.94. The number of hydrogen-bond donors (Lipinski definition) is 1. The van der Waals surface area contributed by atoms with Gasteiger partial charge in [-0.05, 0) is 37.3 Å². The predicted octanol–water partition coefficient (Wildman–Crippen LogP) is 2.81. The summed E-state index contributed by atoms with van der Waals surface area (Å²) in [5, 5.41) is 17.0. The molecule has 2 aromatic heterocycles. The van der Waals surface area contributed by atoms with Crippen LogP contribution >= 0.6 is 0 Å². The van der Waals surface area contributed by atoms with E-state index < -0.39 is 5.97 Å². The second-order valence-corrected chi connectivity index (χ2v) is 4.43. The van der Waals surface area contributed by atoms with E-state index in [2.05, 4.69) is 15.2 Å². The number of hydrogen-bond acceptors (Lipinski definition) is 5. The van der Waals surface area contributed by atoms with E-state index in [-0.39, 0.29) is 11.5 Å². The zero-order chi connectivity index (χ0) is 14.8. The van der Waals surface area contributed by atoms with E-state index in [4.69, 9.17) is 9.52 Å². The van der Waals surface area contributed by atoms with Crippen LogP contribution < -0.4 is 0 Å². The lowest BCUT2D eigenvalue weighted by Crippen LogP contribution is -1.95. The Morgan fingerprint density at radius 2 is 1.95 bits per heavy atom. The highest BCUT2D eigenvalue weighted by molar-refractivity contribution is 5.88. The summed E-state index contributed by atoms with van der Waals surface area (Å²) in [6, 6.07) is 9.99. The minimum absolute atomic E-state index is 0.171. The third-order valence-electron chi connectivity index (χ3n) is 3.02. The molecule has 0 fully saturated rings. The van der Waals surface area contributed by atoms with Crippen LogP contribution in [0.25, 0.3) is 22.9 Å². The lowest BCUT2D eigenvalue weighted by Gasteiger charge is -1.99. The van der Waals surface area contributed by atoms with E-state index in [1.54, 1.807) is 24.4 Å². The first kappa shape index (κ1) is 13.0. The molecule has 0 atom stereocenters. The number of carboxylic acids is 1. The van der Waals surface area contributed by atoms with Crippen LogP contribution in [0.15, 0.2) is 47.0 Å². The fourth-order valence-electron chi connectivity index (χ4n) is 1.94. The van der Waals surface area contributed by atoms with Crippen LogP contribution in [0.3, 0.4) is 0 Å². The number of carboxylic acid groups (broad SMARTS) is 1. The summed E-state index contributed by atoms with van der Waals surface area (Å²) in [5.74, 6) is -0.368. The van der Waals surface area contributed by atoms with Crippen molar-refractivity contribution in [1.82, 2.24) is 15.2 Å². The Hall–Kier alpha value is -3.02. The Balaban J connectivity index is 2.01. The molecule has 1 aromatic carbocycles. The number of aromatic carboxylic acids is 1. The van der Waals surface area contributed by atoms with Gasteiger partial charge in [-0.25, -0.2) is 4.79 Å². The second kappa shape index (κ2) is 5.16. The monoisotopic (exact) mass is 281 g/mol. The highest BCUT2D eigenvalue weighted by Gasteiger charge is 2.13. The molecule has 2 heterocycles. The number of rotatable bonds is 3. The van der Waals surface area contributed by atoms with Crippen LogP contribution in [0.5, 0.6) is 0 Å². The standard InChI is InChI=1S/C15H11N3O3/c1-9-12(6-3-7-16-9)14-18-17-13(21-14)10-4-2-5-11(8-10)15(19)20/h2-8H,1H3,(H,19,20). The van der Waals surface area contributed by atoms with Crippen molar-refractivity contribution in [3.63, 3.8) is 0 Å². The Morgan fingerprint density at radius 3 is 2.71 bits per heavy atom. The second-order valence-electron chi connectivity index (χ2n) is 4.43. The van der Waals surface area contributed by atoms with E-state index in [9.17, 15) is 4.79 Å². The Bertz CT molecular complexity index is 811. The van der Waals surface area contributed by atoms with E-state index in [0.29, 0.717) is 11.5 Å². The van der Waals surface area contributed by atoms with E-state index in [1.807, 2.05) is 13.0 Å². The van der Waals surface area contributed by atoms with Crippen molar-refractivity contribution in [1.29, 1.82) is 0 Å². The first-order valence-corrected chi connectivity index (χ1v) is 6.24. The van der Waals surface area contributed by atoms with Gasteiger partial charge in [0, 0.05) is 17.5 Å². The van der Waals surface area contributed by atoms with E-state index in [1.165, 1.54) is 12.1 Å². The predicted molar refractivity (Wildman–Crippen MR) is 74.7 cm³/mol. The molecule has 0 unspecified atom stereocenters. The molecular formula is C15H11N3O3. The van der Waals surface area contributed by atoms with E-state index in [0.717, 1.165) is 11.3 Å². The van der Waals surface area contributed by atoms with Crippen molar-refractivity contribution in [2.45, 2.75) is 6.92 Å². The van der Waals surface area contributed by atoms with E-state index >= 15 is 0 Å². The lowest BCUT2D eigenvalue weighted by atomic mass is 10.1. The molecule has 0 amide bonds. The zero-order valence-electron chi connectivity index (χ0n) is 11.1. The topological polar surface area (TPSA) is 89.1 Å². The molecule has 0 aliphatic rings. The van der Waals surface area contributed by atoms with Crippen LogP contribution in [0, 0.1) is 6.92 Å². The van der Waals surface area contributed by atoms with Gasteiger partial charge in [0.2, 0.25) is 11.8 Å². The summed E-state index contributed by atoms with van der Waals surface area (Å²) >= 11 is 0. The maximum Gasteiger partial charge on any atom is 0.335 e. The zero-order valence-corrected chi connectivity index (χ0v) is 11.1. The SMILES string of the molecule is Cc1ncccc1-c1nnc(-c2cccc(C(=O)O)c2)o1. The van der Waals surface area contributed by atoms with Crippen molar-refractivity contribution in [3.8, 4) is 22.9 Å². The van der Waals surface area contributed by atoms with Crippen molar-refractivity contribution in [2.75, 3.05) is 0 Å². The van der Waals surface area contributed by atoms with Gasteiger partial charge in [-0.2, -0.15) is 0 Å². The molecule has 1 N–H and O–H groups in total. The van der Waals surface area contributed by atoms with Gasteiger partial charge in [0.25, 0.3) is 0 Å². The molecule has 0 aliphatic heterocycles. The Labute approximate surface area is 120 Å². The summed E-state index contributed by atoms with van der Waals surface area (Å²) < 4.78 is 5.62. The molecule has 0 spiro atoms. The fraction of sp³-hybridized carbons (Fsp3) is 0.0667. The highest BCUT2D eigenvalue weighted by atomic mass is 16.4. The third-order valence-corrected chi connectivity index (χ3v) is 3.02. The Kier molecular flexibility index (Phi) is 3.19. The van der Waals surface area contributed by atoms with Gasteiger partial charge in [0.05, 0.1) is 11.1 Å². The first-order valence-electron chi connectivity index (χ1n) is 6.24. The van der Waals surface area contributed by atoms with Crippen molar-refractivity contribution in [2.24, 2.45) is 0 Å². The number of aryl methyl sites for hydroxylation is 1. The summed E-state index contributed by atoms with van der Waals surface area (Å²) in [7, 11) is 0. The minimum Gasteiger partial charge on any atom is -0.478 e. The van der Waals surface area contributed by atoms with Crippen LogP contribution in [0.1, 0.15) is 16.1 Å². The van der Waals surface area contributed by atoms with Crippen LogP contribution in [0.4, 0.5) is 0 Å². The van der Waals surface area contributed by atoms with Gasteiger partial charge in [-0.15, -0.1) is 10.2 Å². The maximum absolute atomic E-state index is 11.0. The molecular weight excluding hydrogens is 270 g/mol. The lowest BCUT2D eigenvalue weighted by molar-refractivity contribution is 0.0697. The van der Waals surface area contributed by atoms with Crippen molar-refractivity contribution < 1.29 is 14.3 Å². The summed E-state index contributed by atoms with van der Waals surface area (Å²) in [5.41, 5.74) is 2.28. The maximum atomic E-state index is 11.0. The summed E-state index contributed by atoms with van der Waals surface area (Å²) in [6.45, 7) is 1.85. The molecule has 0 bridgehead atoms. The smallest absolute Gasteiger partial charge is 0.335 e. The molecule has 0 saturated heterocycles. The number of nitrogens with zero attached hydrogens (tertiary/aromatic N) is 3. The molecule has 6 nitrogen and oxygen atoms in total. The van der Waals surface area contributed by atoms with Gasteiger partial charge in [-0.3, -0.25) is 4.98 Å². The van der Waals surface area contributed by atoms with Crippen molar-refractivity contribution in [3.05, 3.63) is 53.9 Å². The molecule has 3 rings (SSSR count). The van der Waals surface area contributed by atoms with Crippen LogP contribution in [0.2, 0.25) is 0 Å². The van der Waals surface area contributed by atoms with Gasteiger partial charge in [0.1, 0.15) is 0 Å². The molecule has 6 heteroatoms. The van der Waals surface area contributed by atoms with Crippen LogP contribution in [-0.4, -0.2) is 26.3 Å². The largest absolute Gasteiger partial charge is 0.478 e. The average molecular weight is 281 g/mol. The summed E-state index contributed by atoms with van der Waals surface area (Å²) in [6.07, 6.45) is 1.69. The van der Waals surface area contributed by atoms with Gasteiger partial charge < -0.3 is 9.52 Å². The molecule has 0 saturated carbocycles. The normalized spacial score (nSPS) is 10.5. The third kappa shape index (κ3) is 2.51. The van der Waals surface area contributed by atoms with Crippen molar-refractivity contribution >= 4 is 5.97 Å². The molecule has 21 heavy (non-hydrogen) atoms. The van der Waals surface area contributed by atoms with Crippen LogP contribution in [-0.2, 0) is 0 Å². The number of carbonyl (C=O) groups is 1. The quantitative estimate of drug-likeness (QED) is 0.794. The number of benzene rings is 1. The number of pyridine rings is 1. The molecule has 104 valence electrons. The molecule has 3 aromatic rings. The minimum atomic E-state index is -1.00. The van der Waals surface area contributed by atoms with Gasteiger partial charge >= 0.3 is 5.97 Å². The molecule has 0 radical (unpaired) electrons. The first-order chi connectivity index (χ1) is 10.1. The van der Waals surface area contributed by atoms with Gasteiger partial charge in [-0.1, -0.05) is 6.07 Å². The molecule has 0 aliphatic carbocycles. The summed E-state index contributed by atoms with van der Waals surface area (Å²) in [4.78, 5) is 15.2. The Morgan fingerprint density at radius 1 is 1.14 bits per heavy atom. The number of aromatic nitrogens is 3. The average Bonchev–Trinajstić information content (AvgIpc) is 2.97.